The molecule has 2 unspecified atom stereocenters. The van der Waals surface area contributed by atoms with Crippen LogP contribution in [0.3, 0.4) is 0 Å². The zero-order valence-electron chi connectivity index (χ0n) is 25.2. The minimum absolute atomic E-state index is 0.307. The average Bonchev–Trinajstić information content (AvgIpc) is 3.91. The maximum atomic E-state index is 5.12. The van der Waals surface area contributed by atoms with Gasteiger partial charge in [0.2, 0.25) is 0 Å². The van der Waals surface area contributed by atoms with Gasteiger partial charge in [-0.1, -0.05) is 146 Å². The van der Waals surface area contributed by atoms with Crippen LogP contribution < -0.4 is 0 Å². The smallest absolute Gasteiger partial charge is 0.164 e. The Balaban J connectivity index is 1.18. The van der Waals surface area contributed by atoms with E-state index in [1.54, 1.807) is 0 Å². The lowest BCUT2D eigenvalue weighted by Gasteiger charge is -2.14. The Kier molecular flexibility index (Phi) is 6.41. The first kappa shape index (κ1) is 26.7. The highest BCUT2D eigenvalue weighted by Gasteiger charge is 2.48. The number of benzene rings is 5. The van der Waals surface area contributed by atoms with Crippen molar-refractivity contribution in [2.24, 2.45) is 23.7 Å². The molecule has 4 aliphatic rings. The molecule has 46 heavy (non-hydrogen) atoms. The molecule has 5 aromatic carbocycles. The fourth-order valence-electron chi connectivity index (χ4n) is 7.03. The highest BCUT2D eigenvalue weighted by Crippen LogP contribution is 2.55. The van der Waals surface area contributed by atoms with Crippen LogP contribution >= 0.6 is 0 Å². The SMILES string of the molecule is C1=CC2C3C=CC1C(c1cccc(-c4nc(-c5cccc(-c6ccccc6)c5)nc(-c5cccc(-c6ccccc6)c5)n4)c1)=CC23. The van der Waals surface area contributed by atoms with Crippen LogP contribution in [0.2, 0.25) is 0 Å². The monoisotopic (exact) mass is 589 g/mol. The molecule has 6 aromatic rings. The molecule has 0 aliphatic heterocycles. The van der Waals surface area contributed by atoms with E-state index in [2.05, 4.69) is 152 Å². The summed E-state index contributed by atoms with van der Waals surface area (Å²) < 4.78 is 0. The number of allylic oxidation sites excluding steroid dienone is 6. The number of aromatic nitrogens is 3. The Morgan fingerprint density at radius 2 is 0.717 bits per heavy atom. The van der Waals surface area contributed by atoms with E-state index in [4.69, 9.17) is 15.0 Å². The van der Waals surface area contributed by atoms with Gasteiger partial charge in [0, 0.05) is 22.6 Å². The summed E-state index contributed by atoms with van der Waals surface area (Å²) in [6.45, 7) is 0. The van der Waals surface area contributed by atoms with Crippen molar-refractivity contribution >= 4 is 5.57 Å². The normalized spacial score (nSPS) is 20.6. The molecule has 4 aliphatic carbocycles. The van der Waals surface area contributed by atoms with Gasteiger partial charge in [0.1, 0.15) is 0 Å². The summed E-state index contributed by atoms with van der Waals surface area (Å²) in [5, 5.41) is 0. The Morgan fingerprint density at radius 3 is 1.20 bits per heavy atom. The molecule has 1 fully saturated rings. The zero-order valence-corrected chi connectivity index (χ0v) is 25.2. The van der Waals surface area contributed by atoms with Crippen LogP contribution in [0.5, 0.6) is 0 Å². The van der Waals surface area contributed by atoms with Crippen molar-refractivity contribution in [2.45, 2.75) is 0 Å². The van der Waals surface area contributed by atoms with Gasteiger partial charge in [-0.25, -0.2) is 15.0 Å². The second-order valence-corrected chi connectivity index (χ2v) is 12.4. The minimum Gasteiger partial charge on any atom is -0.208 e. The molecule has 0 spiro atoms. The van der Waals surface area contributed by atoms with Crippen LogP contribution in [0.4, 0.5) is 0 Å². The summed E-state index contributed by atoms with van der Waals surface area (Å²) in [4.78, 5) is 15.3. The van der Waals surface area contributed by atoms with E-state index in [-0.39, 0.29) is 0 Å². The summed E-state index contributed by atoms with van der Waals surface area (Å²) in [5.74, 6) is 4.23. The molecule has 3 heteroatoms. The Hall–Kier alpha value is -5.67. The predicted octanol–water partition coefficient (Wildman–Crippen LogP) is 10.2. The lowest BCUT2D eigenvalue weighted by molar-refractivity contribution is 1.00. The summed E-state index contributed by atoms with van der Waals surface area (Å²) >= 11 is 0. The third-order valence-corrected chi connectivity index (χ3v) is 9.55. The van der Waals surface area contributed by atoms with E-state index < -0.39 is 0 Å². The van der Waals surface area contributed by atoms with Gasteiger partial charge in [-0.15, -0.1) is 0 Å². The molecular formula is C43H31N3. The molecule has 1 heterocycles. The molecule has 0 N–H and O–H groups in total. The third-order valence-electron chi connectivity index (χ3n) is 9.55. The van der Waals surface area contributed by atoms with Crippen molar-refractivity contribution in [2.75, 3.05) is 0 Å². The van der Waals surface area contributed by atoms with E-state index in [1.165, 1.54) is 11.1 Å². The van der Waals surface area contributed by atoms with Gasteiger partial charge in [0.25, 0.3) is 0 Å². The van der Waals surface area contributed by atoms with Crippen molar-refractivity contribution in [1.29, 1.82) is 0 Å². The van der Waals surface area contributed by atoms with E-state index in [1.807, 2.05) is 12.1 Å². The van der Waals surface area contributed by atoms with Gasteiger partial charge in [-0.3, -0.25) is 0 Å². The molecule has 0 saturated heterocycles. The van der Waals surface area contributed by atoms with Gasteiger partial charge in [0.05, 0.1) is 0 Å². The molecule has 3 nitrogen and oxygen atoms in total. The number of rotatable bonds is 6. The second-order valence-electron chi connectivity index (χ2n) is 12.4. The van der Waals surface area contributed by atoms with Crippen LogP contribution in [0.15, 0.2) is 164 Å². The zero-order chi connectivity index (χ0) is 30.5. The van der Waals surface area contributed by atoms with Crippen molar-refractivity contribution < 1.29 is 0 Å². The maximum Gasteiger partial charge on any atom is 0.164 e. The van der Waals surface area contributed by atoms with Gasteiger partial charge < -0.3 is 0 Å². The first-order chi connectivity index (χ1) is 22.8. The average molecular weight is 590 g/mol. The topological polar surface area (TPSA) is 38.7 Å². The van der Waals surface area contributed by atoms with Crippen molar-refractivity contribution in [3.63, 3.8) is 0 Å². The number of nitrogens with zero attached hydrogens (tertiary/aromatic N) is 3. The van der Waals surface area contributed by atoms with Gasteiger partial charge in [-0.2, -0.15) is 0 Å². The lowest BCUT2D eigenvalue weighted by Crippen LogP contribution is -2.01. The molecule has 218 valence electrons. The second kappa shape index (κ2) is 11.0. The van der Waals surface area contributed by atoms with Crippen molar-refractivity contribution in [3.05, 3.63) is 169 Å². The molecule has 0 amide bonds. The maximum absolute atomic E-state index is 5.12. The standard InChI is InChI=1S/C43H31N3/c1-3-10-28(11-4-1)31-14-7-17-34(24-31)41-44-42(35-18-8-15-32(25-35)29-12-5-2-6-13-29)46-43(45-41)36-19-9-16-33(26-36)39-27-40-37-22-20-30(39)21-23-38(37)40/h1-27,30,37-38,40H. The van der Waals surface area contributed by atoms with Crippen LogP contribution in [0.25, 0.3) is 62.0 Å². The van der Waals surface area contributed by atoms with Crippen LogP contribution in [0.1, 0.15) is 5.56 Å². The molecule has 10 rings (SSSR count). The van der Waals surface area contributed by atoms with Gasteiger partial charge in [-0.05, 0) is 69.3 Å². The summed E-state index contributed by atoms with van der Waals surface area (Å²) in [6, 6.07) is 46.6. The fourth-order valence-corrected chi connectivity index (χ4v) is 7.03. The van der Waals surface area contributed by atoms with Crippen molar-refractivity contribution in [1.82, 2.24) is 15.0 Å². The number of hydrogen-bond acceptors (Lipinski definition) is 3. The van der Waals surface area contributed by atoms with E-state index in [9.17, 15) is 0 Å². The summed E-state index contributed by atoms with van der Waals surface area (Å²) in [6.07, 6.45) is 12.1. The molecule has 2 atom stereocenters. The molecular weight excluding hydrogens is 558 g/mol. The summed E-state index contributed by atoms with van der Waals surface area (Å²) in [5.41, 5.74) is 10.1. The van der Waals surface area contributed by atoms with Crippen molar-refractivity contribution in [3.8, 4) is 56.4 Å². The Labute approximate surface area is 269 Å². The Bertz CT molecular complexity index is 2060. The quantitative estimate of drug-likeness (QED) is 0.181. The van der Waals surface area contributed by atoms with E-state index >= 15 is 0 Å². The summed E-state index contributed by atoms with van der Waals surface area (Å²) in [7, 11) is 0. The molecule has 0 radical (unpaired) electrons. The largest absolute Gasteiger partial charge is 0.208 e. The lowest BCUT2D eigenvalue weighted by atomic mass is 9.91. The minimum atomic E-state index is 0.307. The first-order valence-corrected chi connectivity index (χ1v) is 16.0. The van der Waals surface area contributed by atoms with E-state index in [0.717, 1.165) is 38.9 Å². The highest BCUT2D eigenvalue weighted by molar-refractivity contribution is 5.78. The van der Waals surface area contributed by atoms with Gasteiger partial charge >= 0.3 is 0 Å². The Morgan fingerprint density at radius 1 is 0.326 bits per heavy atom. The molecule has 4 bridgehead atoms. The highest BCUT2D eigenvalue weighted by atomic mass is 15.0. The number of hydrogen-bond donors (Lipinski definition) is 0. The van der Waals surface area contributed by atoms with Crippen LogP contribution in [0, 0.1) is 23.7 Å². The van der Waals surface area contributed by atoms with Crippen LogP contribution in [-0.4, -0.2) is 15.0 Å². The fraction of sp³-hybridized carbons (Fsp3) is 0.0930. The van der Waals surface area contributed by atoms with E-state index in [0.29, 0.717) is 41.1 Å². The third kappa shape index (κ3) is 4.91. The van der Waals surface area contributed by atoms with Gasteiger partial charge in [0.15, 0.2) is 17.5 Å². The van der Waals surface area contributed by atoms with Crippen LogP contribution in [-0.2, 0) is 0 Å². The predicted molar refractivity (Wildman–Crippen MR) is 187 cm³/mol. The molecule has 1 aromatic heterocycles. The molecule has 1 saturated carbocycles. The first-order valence-electron chi connectivity index (χ1n) is 16.0.